The number of carbonyl (C=O) groups is 1. The van der Waals surface area contributed by atoms with Crippen LogP contribution in [0.1, 0.15) is 10.5 Å². The highest BCUT2D eigenvalue weighted by atomic mass is 16.4. The number of imidazole rings is 1. The molecule has 0 aliphatic heterocycles. The van der Waals surface area contributed by atoms with E-state index in [9.17, 15) is 4.79 Å². The lowest BCUT2D eigenvalue weighted by molar-refractivity contribution is 0.0686. The van der Waals surface area contributed by atoms with Crippen LogP contribution in [0.3, 0.4) is 0 Å². The molecule has 0 radical (unpaired) electrons. The van der Waals surface area contributed by atoms with Crippen LogP contribution in [0.4, 0.5) is 0 Å². The van der Waals surface area contributed by atoms with Gasteiger partial charge in [-0.1, -0.05) is 0 Å². The first kappa shape index (κ1) is 7.53. The first-order chi connectivity index (χ1) is 6.20. The quantitative estimate of drug-likeness (QED) is 0.649. The van der Waals surface area contributed by atoms with E-state index in [1.165, 1.54) is 16.8 Å². The van der Waals surface area contributed by atoms with Gasteiger partial charge in [0.05, 0.1) is 0 Å². The molecule has 6 heteroatoms. The van der Waals surface area contributed by atoms with Crippen LogP contribution in [0.25, 0.3) is 5.78 Å². The molecule has 0 aromatic carbocycles. The molecular formula is C7H5N3O3. The van der Waals surface area contributed by atoms with Crippen LogP contribution in [0.15, 0.2) is 18.5 Å². The third-order valence-electron chi connectivity index (χ3n) is 1.59. The molecule has 2 rings (SSSR count). The van der Waals surface area contributed by atoms with E-state index < -0.39 is 11.8 Å². The standard InChI is InChI=1S/C7H5N3O3/c11-5-4(6(12)13)10-3-1-2-8-7(10)9-5/h1-3,11H,(H,12,13). The van der Waals surface area contributed by atoms with Crippen LogP contribution in [-0.2, 0) is 0 Å². The van der Waals surface area contributed by atoms with Crippen molar-refractivity contribution in [2.45, 2.75) is 0 Å². The van der Waals surface area contributed by atoms with E-state index in [4.69, 9.17) is 10.2 Å². The Morgan fingerprint density at radius 2 is 2.31 bits per heavy atom. The fraction of sp³-hybridized carbons (Fsp3) is 0. The minimum Gasteiger partial charge on any atom is -0.492 e. The van der Waals surface area contributed by atoms with Crippen LogP contribution in [-0.4, -0.2) is 30.6 Å². The lowest BCUT2D eigenvalue weighted by Gasteiger charge is -1.93. The summed E-state index contributed by atoms with van der Waals surface area (Å²) in [6, 6.07) is 1.56. The van der Waals surface area contributed by atoms with Gasteiger partial charge in [-0.3, -0.25) is 4.40 Å². The highest BCUT2D eigenvalue weighted by Crippen LogP contribution is 2.16. The van der Waals surface area contributed by atoms with Gasteiger partial charge < -0.3 is 10.2 Å². The molecule has 0 unspecified atom stereocenters. The molecule has 6 nitrogen and oxygen atoms in total. The summed E-state index contributed by atoms with van der Waals surface area (Å²) in [6.07, 6.45) is 2.94. The van der Waals surface area contributed by atoms with E-state index in [1.807, 2.05) is 0 Å². The van der Waals surface area contributed by atoms with Crippen molar-refractivity contribution in [1.82, 2.24) is 14.4 Å². The van der Waals surface area contributed by atoms with Crippen LogP contribution in [0.5, 0.6) is 5.88 Å². The maximum Gasteiger partial charge on any atom is 0.358 e. The molecule has 0 saturated heterocycles. The number of aromatic hydroxyl groups is 1. The van der Waals surface area contributed by atoms with Crippen LogP contribution >= 0.6 is 0 Å². The Hall–Kier alpha value is -2.11. The van der Waals surface area contributed by atoms with Gasteiger partial charge >= 0.3 is 5.97 Å². The van der Waals surface area contributed by atoms with Crippen molar-refractivity contribution in [1.29, 1.82) is 0 Å². The summed E-state index contributed by atoms with van der Waals surface area (Å²) >= 11 is 0. The highest BCUT2D eigenvalue weighted by Gasteiger charge is 2.17. The SMILES string of the molecule is O=C(O)c1c(O)nc2ncccn12. The zero-order valence-electron chi connectivity index (χ0n) is 6.38. The van der Waals surface area contributed by atoms with Gasteiger partial charge in [-0.25, -0.2) is 9.78 Å². The lowest BCUT2D eigenvalue weighted by atomic mass is 10.4. The Bertz CT molecular complexity index is 477. The summed E-state index contributed by atoms with van der Waals surface area (Å²) in [4.78, 5) is 18.0. The highest BCUT2D eigenvalue weighted by molar-refractivity contribution is 5.89. The number of hydrogen-bond donors (Lipinski definition) is 2. The zero-order chi connectivity index (χ0) is 9.42. The number of fused-ring (bicyclic) bond motifs is 1. The Kier molecular flexibility index (Phi) is 1.42. The van der Waals surface area contributed by atoms with Gasteiger partial charge in [0.15, 0.2) is 5.69 Å². The molecule has 66 valence electrons. The molecule has 2 heterocycles. The number of nitrogens with zero attached hydrogens (tertiary/aromatic N) is 3. The summed E-state index contributed by atoms with van der Waals surface area (Å²) < 4.78 is 1.21. The maximum atomic E-state index is 10.6. The molecule has 0 saturated carbocycles. The molecule has 0 atom stereocenters. The van der Waals surface area contributed by atoms with Gasteiger partial charge in [-0.05, 0) is 6.07 Å². The fourth-order valence-corrected chi connectivity index (χ4v) is 1.07. The van der Waals surface area contributed by atoms with Crippen molar-refractivity contribution in [3.63, 3.8) is 0 Å². The number of aromatic nitrogens is 3. The van der Waals surface area contributed by atoms with E-state index in [0.717, 1.165) is 0 Å². The van der Waals surface area contributed by atoms with Crippen molar-refractivity contribution < 1.29 is 15.0 Å². The second-order valence-corrected chi connectivity index (χ2v) is 2.38. The summed E-state index contributed by atoms with van der Waals surface area (Å²) in [5.74, 6) is -1.60. The molecule has 0 amide bonds. The average Bonchev–Trinajstić information content (AvgIpc) is 2.39. The molecule has 0 spiro atoms. The van der Waals surface area contributed by atoms with Gasteiger partial charge in [-0.2, -0.15) is 4.98 Å². The number of carboxylic acid groups (broad SMARTS) is 1. The molecule has 13 heavy (non-hydrogen) atoms. The predicted molar refractivity (Wildman–Crippen MR) is 41.6 cm³/mol. The van der Waals surface area contributed by atoms with E-state index in [2.05, 4.69) is 9.97 Å². The summed E-state index contributed by atoms with van der Waals surface area (Å²) in [5, 5.41) is 17.9. The van der Waals surface area contributed by atoms with Gasteiger partial charge in [0.25, 0.3) is 0 Å². The Labute approximate surface area is 72.1 Å². The van der Waals surface area contributed by atoms with Crippen molar-refractivity contribution in [2.24, 2.45) is 0 Å². The molecule has 0 aliphatic carbocycles. The topological polar surface area (TPSA) is 87.7 Å². The monoisotopic (exact) mass is 179 g/mol. The largest absolute Gasteiger partial charge is 0.492 e. The van der Waals surface area contributed by atoms with Crippen LogP contribution in [0, 0.1) is 0 Å². The predicted octanol–water partition coefficient (Wildman–Crippen LogP) is 0.133. The average molecular weight is 179 g/mol. The first-order valence-electron chi connectivity index (χ1n) is 3.45. The van der Waals surface area contributed by atoms with Gasteiger partial charge in [0, 0.05) is 12.4 Å². The number of carboxylic acids is 1. The van der Waals surface area contributed by atoms with Crippen molar-refractivity contribution in [3.8, 4) is 5.88 Å². The first-order valence-corrected chi connectivity index (χ1v) is 3.45. The summed E-state index contributed by atoms with van der Waals surface area (Å²) in [5.41, 5.74) is -0.275. The van der Waals surface area contributed by atoms with Crippen LogP contribution in [0.2, 0.25) is 0 Å². The van der Waals surface area contributed by atoms with Gasteiger partial charge in [0.1, 0.15) is 0 Å². The normalized spacial score (nSPS) is 10.5. The maximum absolute atomic E-state index is 10.6. The van der Waals surface area contributed by atoms with Gasteiger partial charge in [-0.15, -0.1) is 0 Å². The molecule has 0 fully saturated rings. The summed E-state index contributed by atoms with van der Waals surface area (Å²) in [6.45, 7) is 0. The Morgan fingerprint density at radius 3 is 3.00 bits per heavy atom. The molecule has 0 bridgehead atoms. The van der Waals surface area contributed by atoms with E-state index in [0.29, 0.717) is 0 Å². The van der Waals surface area contributed by atoms with Crippen molar-refractivity contribution in [3.05, 3.63) is 24.2 Å². The van der Waals surface area contributed by atoms with Crippen LogP contribution < -0.4 is 0 Å². The molecule has 2 aromatic rings. The second kappa shape index (κ2) is 2.44. The minimum atomic E-state index is -1.24. The third kappa shape index (κ3) is 0.994. The molecule has 0 aliphatic rings. The zero-order valence-corrected chi connectivity index (χ0v) is 6.38. The molecule has 2 N–H and O–H groups in total. The van der Waals surface area contributed by atoms with Crippen molar-refractivity contribution >= 4 is 11.7 Å². The Morgan fingerprint density at radius 1 is 1.54 bits per heavy atom. The number of rotatable bonds is 1. The smallest absolute Gasteiger partial charge is 0.358 e. The molecular weight excluding hydrogens is 174 g/mol. The van der Waals surface area contributed by atoms with Crippen molar-refractivity contribution in [2.75, 3.05) is 0 Å². The van der Waals surface area contributed by atoms with E-state index in [1.54, 1.807) is 6.07 Å². The van der Waals surface area contributed by atoms with E-state index >= 15 is 0 Å². The molecule has 2 aromatic heterocycles. The third-order valence-corrected chi connectivity index (χ3v) is 1.59. The number of hydrogen-bond acceptors (Lipinski definition) is 4. The summed E-state index contributed by atoms with van der Waals surface area (Å²) in [7, 11) is 0. The fourth-order valence-electron chi connectivity index (χ4n) is 1.07. The Balaban J connectivity index is 2.86. The van der Waals surface area contributed by atoms with Gasteiger partial charge in [0.2, 0.25) is 11.7 Å². The minimum absolute atomic E-state index is 0.164. The lowest BCUT2D eigenvalue weighted by Crippen LogP contribution is -2.01. The second-order valence-electron chi connectivity index (χ2n) is 2.38. The van der Waals surface area contributed by atoms with E-state index in [-0.39, 0.29) is 11.5 Å². The number of aromatic carboxylic acids is 1.